The molecule has 5 heterocycles. The molecule has 1 aliphatic heterocycles. The van der Waals surface area contributed by atoms with Crippen LogP contribution in [0.3, 0.4) is 0 Å². The van der Waals surface area contributed by atoms with Crippen LogP contribution >= 0.6 is 0 Å². The van der Waals surface area contributed by atoms with Gasteiger partial charge in [-0.15, -0.1) is 5.10 Å². The number of aryl methyl sites for hydroxylation is 1. The third kappa shape index (κ3) is 6.85. The molecule has 0 unspecified atom stereocenters. The van der Waals surface area contributed by atoms with Crippen molar-refractivity contribution in [2.24, 2.45) is 7.05 Å². The van der Waals surface area contributed by atoms with Crippen LogP contribution in [0.1, 0.15) is 13.3 Å². The number of pyridine rings is 1. The highest BCUT2D eigenvalue weighted by atomic mass is 19.4. The lowest BCUT2D eigenvalue weighted by atomic mass is 10.1. The summed E-state index contributed by atoms with van der Waals surface area (Å²) in [6, 6.07) is 3.35. The molecule has 4 aromatic rings. The van der Waals surface area contributed by atoms with Gasteiger partial charge in [0.1, 0.15) is 22.9 Å². The minimum absolute atomic E-state index is 0.164. The Balaban J connectivity index is 1.54. The van der Waals surface area contributed by atoms with Crippen molar-refractivity contribution >= 4 is 11.6 Å². The van der Waals surface area contributed by atoms with Gasteiger partial charge in [0.25, 0.3) is 0 Å². The molecule has 4 bridgehead atoms. The lowest BCUT2D eigenvalue weighted by Crippen LogP contribution is -2.20. The van der Waals surface area contributed by atoms with Gasteiger partial charge >= 0.3 is 6.18 Å². The van der Waals surface area contributed by atoms with Crippen LogP contribution in [-0.4, -0.2) is 85.5 Å². The topological polar surface area (TPSA) is 117 Å². The highest BCUT2D eigenvalue weighted by Crippen LogP contribution is 2.38. The van der Waals surface area contributed by atoms with Crippen molar-refractivity contribution in [3.63, 3.8) is 0 Å². The molecule has 0 fully saturated rings. The third-order valence-electron chi connectivity index (χ3n) is 6.16. The van der Waals surface area contributed by atoms with Gasteiger partial charge < -0.3 is 24.4 Å². The van der Waals surface area contributed by atoms with Crippen LogP contribution < -0.4 is 19.5 Å². The maximum atomic E-state index is 13.1. The maximum absolute atomic E-state index is 13.1. The zero-order valence-corrected chi connectivity index (χ0v) is 23.0. The van der Waals surface area contributed by atoms with Crippen LogP contribution in [0.25, 0.3) is 22.5 Å². The molecule has 0 spiro atoms. The first-order valence-corrected chi connectivity index (χ1v) is 12.9. The Labute approximate surface area is 234 Å². The van der Waals surface area contributed by atoms with E-state index < -0.39 is 12.8 Å². The van der Waals surface area contributed by atoms with Crippen LogP contribution in [0.2, 0.25) is 0 Å². The summed E-state index contributed by atoms with van der Waals surface area (Å²) in [4.78, 5) is 15.4. The average Bonchev–Trinajstić information content (AvgIpc) is 3.49. The Morgan fingerprint density at radius 3 is 2.76 bits per heavy atom. The monoisotopic (exact) mass is 573 g/mol. The number of hydrogen-bond acceptors (Lipinski definition) is 10. The molecule has 1 N–H and O–H groups in total. The molecule has 41 heavy (non-hydrogen) atoms. The molecule has 1 atom stereocenters. The van der Waals surface area contributed by atoms with Crippen molar-refractivity contribution in [2.75, 3.05) is 39.2 Å². The van der Waals surface area contributed by atoms with Crippen molar-refractivity contribution in [3.8, 4) is 40.0 Å². The fourth-order valence-electron chi connectivity index (χ4n) is 4.10. The predicted molar refractivity (Wildman–Crippen MR) is 143 cm³/mol. The Morgan fingerprint density at radius 2 is 1.98 bits per heavy atom. The first-order valence-electron chi connectivity index (χ1n) is 12.9. The molecule has 1 aliphatic rings. The number of ether oxygens (including phenoxy) is 3. The Morgan fingerprint density at radius 1 is 1.15 bits per heavy atom. The maximum Gasteiger partial charge on any atom is 0.422 e. The second kappa shape index (κ2) is 11.6. The summed E-state index contributed by atoms with van der Waals surface area (Å²) in [5, 5.41) is 11.7. The van der Waals surface area contributed by atoms with Gasteiger partial charge in [-0.3, -0.25) is 4.68 Å². The van der Waals surface area contributed by atoms with Crippen LogP contribution in [0.5, 0.6) is 17.5 Å². The van der Waals surface area contributed by atoms with Crippen molar-refractivity contribution in [1.29, 1.82) is 0 Å². The molecule has 0 amide bonds. The Kier molecular flexibility index (Phi) is 7.97. The van der Waals surface area contributed by atoms with E-state index in [1.165, 1.54) is 6.20 Å². The van der Waals surface area contributed by atoms with Gasteiger partial charge in [0, 0.05) is 50.2 Å². The lowest BCUT2D eigenvalue weighted by molar-refractivity contribution is -0.154. The van der Waals surface area contributed by atoms with Crippen molar-refractivity contribution in [3.05, 3.63) is 36.9 Å². The number of aromatic nitrogens is 7. The summed E-state index contributed by atoms with van der Waals surface area (Å²) in [5.74, 6) is 2.03. The summed E-state index contributed by atoms with van der Waals surface area (Å²) in [5.41, 5.74) is 1.40. The largest absolute Gasteiger partial charge is 0.490 e. The molecule has 12 nitrogen and oxygen atoms in total. The van der Waals surface area contributed by atoms with Crippen molar-refractivity contribution in [2.45, 2.75) is 32.2 Å². The molecule has 0 saturated carbocycles. The number of nitrogens with zero attached hydrogens (tertiary/aromatic N) is 8. The lowest BCUT2D eigenvalue weighted by Gasteiger charge is -2.19. The molecule has 0 saturated heterocycles. The number of fused-ring (bicyclic) bond motifs is 6. The first-order chi connectivity index (χ1) is 19.6. The normalized spacial score (nSPS) is 15.4. The molecule has 0 radical (unpaired) electrons. The predicted octanol–water partition coefficient (Wildman–Crippen LogP) is 3.93. The fraction of sp³-hybridized carbons (Fsp3) is 0.423. The minimum atomic E-state index is -4.53. The number of anilines is 2. The second-order valence-electron chi connectivity index (χ2n) is 9.83. The second-order valence-corrected chi connectivity index (χ2v) is 9.83. The first kappa shape index (κ1) is 28.1. The van der Waals surface area contributed by atoms with Crippen LogP contribution in [-0.2, 0) is 13.6 Å². The molecule has 4 aromatic heterocycles. The number of nitrogens with one attached hydrogen (secondary N) is 1. The van der Waals surface area contributed by atoms with E-state index in [2.05, 4.69) is 30.5 Å². The Hall–Kier alpha value is -4.40. The van der Waals surface area contributed by atoms with E-state index in [4.69, 9.17) is 14.2 Å². The average molecular weight is 574 g/mol. The van der Waals surface area contributed by atoms with Crippen LogP contribution in [0, 0.1) is 0 Å². The zero-order valence-electron chi connectivity index (χ0n) is 23.0. The van der Waals surface area contributed by atoms with Crippen molar-refractivity contribution in [1.82, 2.24) is 39.4 Å². The molecule has 0 aliphatic carbocycles. The van der Waals surface area contributed by atoms with E-state index in [1.807, 2.05) is 25.9 Å². The van der Waals surface area contributed by atoms with Gasteiger partial charge in [-0.1, -0.05) is 0 Å². The smallest absolute Gasteiger partial charge is 0.422 e. The number of likely N-dealkylation sites (N-methyl/N-ethyl adjacent to an activating group) is 1. The quantitative estimate of drug-likeness (QED) is 0.364. The minimum Gasteiger partial charge on any atom is -0.490 e. The zero-order chi connectivity index (χ0) is 29.1. The number of hydrogen-bond donors (Lipinski definition) is 1. The van der Waals surface area contributed by atoms with Gasteiger partial charge in [0.05, 0.1) is 31.0 Å². The summed E-state index contributed by atoms with van der Waals surface area (Å²) in [7, 11) is 5.56. The summed E-state index contributed by atoms with van der Waals surface area (Å²) in [6.07, 6.45) is 2.03. The van der Waals surface area contributed by atoms with E-state index in [0.29, 0.717) is 71.9 Å². The van der Waals surface area contributed by atoms with Gasteiger partial charge in [0.15, 0.2) is 12.4 Å². The summed E-state index contributed by atoms with van der Waals surface area (Å²) < 4.78 is 59.8. The fourth-order valence-corrected chi connectivity index (χ4v) is 4.10. The molecular weight excluding hydrogens is 543 g/mol. The number of alkyl halides is 3. The van der Waals surface area contributed by atoms with Crippen molar-refractivity contribution < 1.29 is 27.4 Å². The number of rotatable bonds is 6. The van der Waals surface area contributed by atoms with Gasteiger partial charge in [-0.05, 0) is 27.1 Å². The molecule has 5 rings (SSSR count). The highest BCUT2D eigenvalue weighted by Gasteiger charge is 2.30. The van der Waals surface area contributed by atoms with Gasteiger partial charge in [-0.2, -0.15) is 18.3 Å². The SMILES string of the molecule is C[C@H]1CCOc2c(cnn2C)-c2nccc(n2)Nc2cc(c(-c3cn(CCN(C)C)nc3OCC(F)(F)F)cn2)O1. The molecule has 218 valence electrons. The summed E-state index contributed by atoms with van der Waals surface area (Å²) in [6.45, 7) is 1.78. The van der Waals surface area contributed by atoms with E-state index >= 15 is 0 Å². The van der Waals surface area contributed by atoms with E-state index in [9.17, 15) is 13.2 Å². The van der Waals surface area contributed by atoms with Crippen LogP contribution in [0.15, 0.2) is 36.9 Å². The Bertz CT molecular complexity index is 1500. The molecule has 15 heteroatoms. The van der Waals surface area contributed by atoms with E-state index in [0.717, 1.165) is 0 Å². The molecule has 0 aromatic carbocycles. The third-order valence-corrected chi connectivity index (χ3v) is 6.16. The molecular formula is C26H30F3N9O3. The van der Waals surface area contributed by atoms with E-state index in [1.54, 1.807) is 47.1 Å². The van der Waals surface area contributed by atoms with Crippen LogP contribution in [0.4, 0.5) is 24.8 Å². The number of halogens is 3. The van der Waals surface area contributed by atoms with E-state index in [-0.39, 0.29) is 12.0 Å². The standard InChI is InChI=1S/C26H30F3N9O3/c1-16-6-10-39-25-18(13-32-37(25)4)23-30-7-5-21(34-23)33-22-11-20(41-16)17(12-31-22)19-14-38(9-8-36(2)3)35-24(19)40-15-26(27,28)29/h5,7,11-14,16H,6,8-10,15H2,1-4H3,(H,30,31,33,34)/t16-/m0/s1. The summed E-state index contributed by atoms with van der Waals surface area (Å²) >= 11 is 0. The van der Waals surface area contributed by atoms with Gasteiger partial charge in [-0.25, -0.2) is 19.6 Å². The highest BCUT2D eigenvalue weighted by molar-refractivity contribution is 5.75. The van der Waals surface area contributed by atoms with Gasteiger partial charge in [0.2, 0.25) is 11.8 Å².